The van der Waals surface area contributed by atoms with Crippen LogP contribution in [0.25, 0.3) is 11.2 Å². The van der Waals surface area contributed by atoms with Crippen molar-refractivity contribution in [2.24, 2.45) is 12.1 Å². The molecule has 0 aliphatic heterocycles. The molecule has 1 atom stereocenters. The molecular weight excluding hydrogens is 364 g/mol. The lowest BCUT2D eigenvalue weighted by Crippen LogP contribution is -2.30. The van der Waals surface area contributed by atoms with Crippen molar-refractivity contribution in [3.8, 4) is 5.75 Å². The van der Waals surface area contributed by atoms with Crippen LogP contribution in [0.4, 0.5) is 5.95 Å². The SMILES string of the molecule is CC(C)=NNc1nc2c(c(=O)[nH]c(=O)n2C)n1C[C@@H](O)COc1ccccc1. The highest BCUT2D eigenvalue weighted by Gasteiger charge is 2.19. The second-order valence-electron chi connectivity index (χ2n) is 6.49. The average Bonchev–Trinajstić information content (AvgIpc) is 3.02. The summed E-state index contributed by atoms with van der Waals surface area (Å²) in [6.07, 6.45) is -0.929. The molecule has 3 rings (SSSR count). The lowest BCUT2D eigenvalue weighted by atomic mass is 10.3. The zero-order chi connectivity index (χ0) is 20.3. The molecule has 0 unspecified atom stereocenters. The minimum absolute atomic E-state index is 0.0167. The fraction of sp³-hybridized carbons (Fsp3) is 0.333. The van der Waals surface area contributed by atoms with E-state index in [4.69, 9.17) is 4.74 Å². The maximum atomic E-state index is 12.4. The van der Waals surface area contributed by atoms with Gasteiger partial charge in [0.05, 0.1) is 6.54 Å². The number of aliphatic hydroxyl groups is 1. The minimum Gasteiger partial charge on any atom is -0.491 e. The summed E-state index contributed by atoms with van der Waals surface area (Å²) in [5.74, 6) is 0.864. The van der Waals surface area contributed by atoms with Crippen molar-refractivity contribution in [2.75, 3.05) is 12.0 Å². The first kappa shape index (κ1) is 19.4. The van der Waals surface area contributed by atoms with Gasteiger partial charge in [-0.25, -0.2) is 10.2 Å². The third kappa shape index (κ3) is 4.12. The van der Waals surface area contributed by atoms with Crippen LogP contribution >= 0.6 is 0 Å². The molecular formula is C18H22N6O4. The van der Waals surface area contributed by atoms with Gasteiger partial charge in [0.15, 0.2) is 11.2 Å². The summed E-state index contributed by atoms with van der Waals surface area (Å²) < 4.78 is 8.28. The van der Waals surface area contributed by atoms with Crippen molar-refractivity contribution in [3.05, 3.63) is 51.2 Å². The lowest BCUT2D eigenvalue weighted by molar-refractivity contribution is 0.0938. The highest BCUT2D eigenvalue weighted by molar-refractivity contribution is 5.80. The molecule has 0 aliphatic carbocycles. The fourth-order valence-electron chi connectivity index (χ4n) is 2.63. The number of ether oxygens (including phenoxy) is 1. The molecule has 10 nitrogen and oxygen atoms in total. The molecule has 0 amide bonds. The monoisotopic (exact) mass is 386 g/mol. The number of nitrogens with one attached hydrogen (secondary N) is 2. The van der Waals surface area contributed by atoms with Crippen LogP contribution in [0.1, 0.15) is 13.8 Å². The number of hydrazone groups is 1. The van der Waals surface area contributed by atoms with Gasteiger partial charge in [0.2, 0.25) is 5.95 Å². The van der Waals surface area contributed by atoms with E-state index in [1.54, 1.807) is 26.0 Å². The number of nitrogens with zero attached hydrogens (tertiary/aromatic N) is 4. The molecule has 3 aromatic rings. The van der Waals surface area contributed by atoms with E-state index in [1.807, 2.05) is 18.2 Å². The highest BCUT2D eigenvalue weighted by atomic mass is 16.5. The minimum atomic E-state index is -0.929. The van der Waals surface area contributed by atoms with Crippen LogP contribution in [0.5, 0.6) is 5.75 Å². The summed E-state index contributed by atoms with van der Waals surface area (Å²) in [5, 5.41) is 14.5. The van der Waals surface area contributed by atoms with Gasteiger partial charge in [-0.3, -0.25) is 14.3 Å². The Labute approximate surface area is 160 Å². The first-order chi connectivity index (χ1) is 13.4. The van der Waals surface area contributed by atoms with Gasteiger partial charge in [-0.1, -0.05) is 18.2 Å². The van der Waals surface area contributed by atoms with E-state index in [-0.39, 0.29) is 30.3 Å². The van der Waals surface area contributed by atoms with E-state index in [1.165, 1.54) is 16.2 Å². The molecule has 28 heavy (non-hydrogen) atoms. The van der Waals surface area contributed by atoms with Gasteiger partial charge in [-0.05, 0) is 26.0 Å². The fourth-order valence-corrected chi connectivity index (χ4v) is 2.63. The summed E-state index contributed by atoms with van der Waals surface area (Å²) in [6.45, 7) is 3.63. The maximum Gasteiger partial charge on any atom is 0.329 e. The Morgan fingerprint density at radius 3 is 2.71 bits per heavy atom. The Bertz CT molecular complexity index is 1110. The number of H-pyrrole nitrogens is 1. The van der Waals surface area contributed by atoms with E-state index in [0.717, 1.165) is 5.71 Å². The average molecular weight is 386 g/mol. The van der Waals surface area contributed by atoms with E-state index in [9.17, 15) is 14.7 Å². The zero-order valence-electron chi connectivity index (χ0n) is 15.8. The first-order valence-electron chi connectivity index (χ1n) is 8.69. The number of aliphatic hydroxyl groups excluding tert-OH is 1. The van der Waals surface area contributed by atoms with Crippen LogP contribution in [0.2, 0.25) is 0 Å². The predicted octanol–water partition coefficient (Wildman–Crippen LogP) is 0.671. The normalized spacial score (nSPS) is 12.0. The molecule has 2 aromatic heterocycles. The van der Waals surface area contributed by atoms with Gasteiger partial charge in [0.25, 0.3) is 5.56 Å². The van der Waals surface area contributed by atoms with Crippen molar-refractivity contribution < 1.29 is 9.84 Å². The molecule has 2 heterocycles. The van der Waals surface area contributed by atoms with Gasteiger partial charge < -0.3 is 14.4 Å². The predicted molar refractivity (Wildman–Crippen MR) is 106 cm³/mol. The highest BCUT2D eigenvalue weighted by Crippen LogP contribution is 2.17. The molecule has 0 saturated carbocycles. The molecule has 0 saturated heterocycles. The van der Waals surface area contributed by atoms with Gasteiger partial charge in [0.1, 0.15) is 18.5 Å². The van der Waals surface area contributed by atoms with E-state index >= 15 is 0 Å². The maximum absolute atomic E-state index is 12.4. The molecule has 0 bridgehead atoms. The number of para-hydroxylation sites is 1. The largest absolute Gasteiger partial charge is 0.491 e. The summed E-state index contributed by atoms with van der Waals surface area (Å²) in [4.78, 5) is 30.8. The number of aromatic nitrogens is 4. The smallest absolute Gasteiger partial charge is 0.329 e. The number of rotatable bonds is 7. The summed E-state index contributed by atoms with van der Waals surface area (Å²) in [7, 11) is 1.50. The van der Waals surface area contributed by atoms with Gasteiger partial charge in [0, 0.05) is 12.8 Å². The third-order valence-electron chi connectivity index (χ3n) is 3.97. The van der Waals surface area contributed by atoms with Crippen molar-refractivity contribution in [3.63, 3.8) is 0 Å². The van der Waals surface area contributed by atoms with Gasteiger partial charge >= 0.3 is 5.69 Å². The third-order valence-corrected chi connectivity index (χ3v) is 3.97. The molecule has 0 fully saturated rings. The number of hydrogen-bond acceptors (Lipinski definition) is 7. The second kappa shape index (κ2) is 8.09. The van der Waals surface area contributed by atoms with Crippen LogP contribution in [0.15, 0.2) is 45.0 Å². The van der Waals surface area contributed by atoms with E-state index in [2.05, 4.69) is 20.5 Å². The van der Waals surface area contributed by atoms with Crippen LogP contribution in [-0.4, -0.2) is 42.6 Å². The number of benzene rings is 1. The van der Waals surface area contributed by atoms with E-state index < -0.39 is 17.4 Å². The molecule has 148 valence electrons. The second-order valence-corrected chi connectivity index (χ2v) is 6.49. The van der Waals surface area contributed by atoms with Crippen LogP contribution in [0.3, 0.4) is 0 Å². The van der Waals surface area contributed by atoms with Crippen LogP contribution < -0.4 is 21.4 Å². The molecule has 0 radical (unpaired) electrons. The quantitative estimate of drug-likeness (QED) is 0.405. The molecule has 10 heteroatoms. The van der Waals surface area contributed by atoms with Crippen molar-refractivity contribution in [1.82, 2.24) is 19.1 Å². The summed E-state index contributed by atoms with van der Waals surface area (Å²) in [5.41, 5.74) is 2.71. The number of hydrogen-bond donors (Lipinski definition) is 3. The van der Waals surface area contributed by atoms with Gasteiger partial charge in [-0.15, -0.1) is 0 Å². The molecule has 0 aliphatic rings. The molecule has 0 spiro atoms. The van der Waals surface area contributed by atoms with Crippen molar-refractivity contribution >= 4 is 22.8 Å². The standard InChI is InChI=1S/C18H22N6O4/c1-11(2)21-22-17-19-15-14(16(26)20-18(27)23(15)3)24(17)9-12(25)10-28-13-7-5-4-6-8-13/h4-8,12,25H,9-10H2,1-3H3,(H,19,22)(H,20,26,27)/t12-/m1/s1. The van der Waals surface area contributed by atoms with Gasteiger partial charge in [-0.2, -0.15) is 10.1 Å². The van der Waals surface area contributed by atoms with Crippen molar-refractivity contribution in [2.45, 2.75) is 26.5 Å². The van der Waals surface area contributed by atoms with Crippen LogP contribution in [-0.2, 0) is 13.6 Å². The summed E-state index contributed by atoms with van der Waals surface area (Å²) >= 11 is 0. The number of anilines is 1. The first-order valence-corrected chi connectivity index (χ1v) is 8.69. The lowest BCUT2D eigenvalue weighted by Gasteiger charge is -2.15. The Morgan fingerprint density at radius 1 is 1.32 bits per heavy atom. The number of fused-ring (bicyclic) bond motifs is 1. The Morgan fingerprint density at radius 2 is 2.04 bits per heavy atom. The zero-order valence-corrected chi connectivity index (χ0v) is 15.8. The Hall–Kier alpha value is -3.40. The molecule has 3 N–H and O–H groups in total. The number of aryl methyl sites for hydroxylation is 1. The summed E-state index contributed by atoms with van der Waals surface area (Å²) in [6, 6.07) is 9.10. The van der Waals surface area contributed by atoms with E-state index in [0.29, 0.717) is 5.75 Å². The molecule has 1 aromatic carbocycles. The Kier molecular flexibility index (Phi) is 5.59. The van der Waals surface area contributed by atoms with Crippen molar-refractivity contribution in [1.29, 1.82) is 0 Å². The Balaban J connectivity index is 1.94. The topological polar surface area (TPSA) is 127 Å². The number of aromatic amines is 1. The van der Waals surface area contributed by atoms with Crippen LogP contribution in [0, 0.1) is 0 Å². The number of imidazole rings is 1.